The molecular weight excluding hydrogens is 324 g/mol. The maximum absolute atomic E-state index is 14.0. The van der Waals surface area contributed by atoms with E-state index >= 15 is 0 Å². The molecule has 2 aromatic heterocycles. The molecule has 0 aliphatic carbocycles. The molecule has 4 rings (SSSR count). The molecule has 0 saturated heterocycles. The molecule has 1 N–H and O–H groups in total. The summed E-state index contributed by atoms with van der Waals surface area (Å²) in [4.78, 5) is 23.6. The van der Waals surface area contributed by atoms with E-state index in [1.807, 2.05) is 0 Å². The molecule has 4 nitrogen and oxygen atoms in total. The highest BCUT2D eigenvalue weighted by atomic mass is 19.1. The van der Waals surface area contributed by atoms with Crippen LogP contribution >= 0.6 is 0 Å². The van der Waals surface area contributed by atoms with E-state index in [1.54, 1.807) is 42.7 Å². The minimum Gasteiger partial charge on any atom is -0.306 e. The van der Waals surface area contributed by atoms with E-state index < -0.39 is 11.6 Å². The largest absolute Gasteiger partial charge is 0.306 e. The summed E-state index contributed by atoms with van der Waals surface area (Å²) in [6, 6.07) is 11.7. The first-order valence-corrected chi connectivity index (χ1v) is 7.52. The third kappa shape index (κ3) is 2.78. The van der Waals surface area contributed by atoms with Crippen molar-refractivity contribution in [2.45, 2.75) is 0 Å². The van der Waals surface area contributed by atoms with Gasteiger partial charge in [-0.25, -0.2) is 13.8 Å². The van der Waals surface area contributed by atoms with Crippen molar-refractivity contribution in [3.8, 4) is 22.5 Å². The topological polar surface area (TPSA) is 58.6 Å². The molecule has 0 aliphatic rings. The number of benzene rings is 2. The van der Waals surface area contributed by atoms with Crippen molar-refractivity contribution in [3.63, 3.8) is 0 Å². The van der Waals surface area contributed by atoms with Gasteiger partial charge >= 0.3 is 0 Å². The molecule has 6 heteroatoms. The molecule has 0 saturated carbocycles. The van der Waals surface area contributed by atoms with Gasteiger partial charge in [-0.05, 0) is 42.0 Å². The molecule has 122 valence electrons. The zero-order chi connectivity index (χ0) is 17.4. The minimum atomic E-state index is -0.685. The van der Waals surface area contributed by atoms with Gasteiger partial charge in [-0.15, -0.1) is 0 Å². The van der Waals surface area contributed by atoms with Gasteiger partial charge in [0.15, 0.2) is 0 Å². The van der Waals surface area contributed by atoms with Gasteiger partial charge in [0.2, 0.25) is 0 Å². The standard InChI is InChI=1S/C19H11F2N3O/c20-13-4-5-14(16(21)9-13)11-3-6-17-15(8-11)19(25)24-18(23-17)12-2-1-7-22-10-12/h1-10H,(H,23,24,25). The zero-order valence-corrected chi connectivity index (χ0v) is 12.8. The number of halogens is 2. The number of nitrogens with one attached hydrogen (secondary N) is 1. The first kappa shape index (κ1) is 15.1. The van der Waals surface area contributed by atoms with Crippen LogP contribution in [0.1, 0.15) is 0 Å². The number of nitrogens with zero attached hydrogens (tertiary/aromatic N) is 2. The van der Waals surface area contributed by atoms with E-state index in [1.165, 1.54) is 12.1 Å². The molecule has 4 aromatic rings. The molecule has 0 aliphatic heterocycles. The lowest BCUT2D eigenvalue weighted by Crippen LogP contribution is -2.09. The summed E-state index contributed by atoms with van der Waals surface area (Å²) in [6.07, 6.45) is 3.23. The number of H-pyrrole nitrogens is 1. The monoisotopic (exact) mass is 335 g/mol. The molecule has 2 aromatic carbocycles. The van der Waals surface area contributed by atoms with E-state index in [0.29, 0.717) is 27.9 Å². The molecule has 0 radical (unpaired) electrons. The van der Waals surface area contributed by atoms with Crippen molar-refractivity contribution in [2.75, 3.05) is 0 Å². The quantitative estimate of drug-likeness (QED) is 0.604. The lowest BCUT2D eigenvalue weighted by atomic mass is 10.0. The zero-order valence-electron chi connectivity index (χ0n) is 12.8. The van der Waals surface area contributed by atoms with Crippen LogP contribution in [-0.2, 0) is 0 Å². The number of hydrogen-bond donors (Lipinski definition) is 1. The van der Waals surface area contributed by atoms with E-state index in [0.717, 1.165) is 6.07 Å². The van der Waals surface area contributed by atoms with Crippen LogP contribution in [0, 0.1) is 11.6 Å². The molecule has 0 unspecified atom stereocenters. The summed E-state index contributed by atoms with van der Waals surface area (Å²) in [5.41, 5.74) is 1.53. The summed E-state index contributed by atoms with van der Waals surface area (Å²) in [5.74, 6) is -0.926. The second kappa shape index (κ2) is 5.90. The number of aromatic nitrogens is 3. The molecule has 2 heterocycles. The predicted octanol–water partition coefficient (Wildman–Crippen LogP) is 3.93. The highest BCUT2D eigenvalue weighted by Crippen LogP contribution is 2.26. The van der Waals surface area contributed by atoms with Gasteiger partial charge in [0.1, 0.15) is 17.5 Å². The van der Waals surface area contributed by atoms with Crippen LogP contribution in [0.4, 0.5) is 8.78 Å². The number of pyridine rings is 1. The molecular formula is C19H11F2N3O. The number of rotatable bonds is 2. The van der Waals surface area contributed by atoms with Crippen molar-refractivity contribution < 1.29 is 8.78 Å². The maximum atomic E-state index is 14.0. The first-order chi connectivity index (χ1) is 12.1. The SMILES string of the molecule is O=c1[nH]c(-c2cccnc2)nc2ccc(-c3ccc(F)cc3F)cc12. The fourth-order valence-electron chi connectivity index (χ4n) is 2.67. The lowest BCUT2D eigenvalue weighted by Gasteiger charge is -2.07. The van der Waals surface area contributed by atoms with E-state index in [4.69, 9.17) is 0 Å². The van der Waals surface area contributed by atoms with Crippen molar-refractivity contribution >= 4 is 10.9 Å². The fourth-order valence-corrected chi connectivity index (χ4v) is 2.67. The van der Waals surface area contributed by atoms with Gasteiger partial charge in [0.05, 0.1) is 10.9 Å². The van der Waals surface area contributed by atoms with Crippen molar-refractivity contribution in [1.29, 1.82) is 0 Å². The molecule has 25 heavy (non-hydrogen) atoms. The normalized spacial score (nSPS) is 11.0. The van der Waals surface area contributed by atoms with Crippen LogP contribution < -0.4 is 5.56 Å². The van der Waals surface area contributed by atoms with Crippen LogP contribution in [0.3, 0.4) is 0 Å². The highest BCUT2D eigenvalue weighted by molar-refractivity contribution is 5.85. The Hall–Kier alpha value is -3.41. The van der Waals surface area contributed by atoms with E-state index in [2.05, 4.69) is 15.0 Å². The van der Waals surface area contributed by atoms with E-state index in [9.17, 15) is 13.6 Å². The van der Waals surface area contributed by atoms with Gasteiger partial charge in [0.25, 0.3) is 5.56 Å². The fraction of sp³-hybridized carbons (Fsp3) is 0. The molecule has 0 amide bonds. The van der Waals surface area contributed by atoms with Gasteiger partial charge in [0, 0.05) is 29.6 Å². The van der Waals surface area contributed by atoms with Gasteiger partial charge in [-0.3, -0.25) is 9.78 Å². The van der Waals surface area contributed by atoms with Gasteiger partial charge in [-0.2, -0.15) is 0 Å². The number of fused-ring (bicyclic) bond motifs is 1. The van der Waals surface area contributed by atoms with Gasteiger partial charge in [-0.1, -0.05) is 6.07 Å². The maximum Gasteiger partial charge on any atom is 0.259 e. The Bertz CT molecular complexity index is 1140. The average Bonchev–Trinajstić information content (AvgIpc) is 2.62. The first-order valence-electron chi connectivity index (χ1n) is 7.52. The summed E-state index contributed by atoms with van der Waals surface area (Å²) >= 11 is 0. The van der Waals surface area contributed by atoms with Crippen molar-refractivity contribution in [1.82, 2.24) is 15.0 Å². The van der Waals surface area contributed by atoms with Crippen molar-refractivity contribution in [2.24, 2.45) is 0 Å². The molecule has 0 bridgehead atoms. The summed E-state index contributed by atoms with van der Waals surface area (Å²) in [5, 5.41) is 0.328. The lowest BCUT2D eigenvalue weighted by molar-refractivity contribution is 0.585. The summed E-state index contributed by atoms with van der Waals surface area (Å²) in [7, 11) is 0. The Kier molecular flexibility index (Phi) is 3.57. The second-order valence-electron chi connectivity index (χ2n) is 5.51. The Morgan fingerprint density at radius 1 is 0.960 bits per heavy atom. The minimum absolute atomic E-state index is 0.221. The van der Waals surface area contributed by atoms with Crippen LogP contribution in [-0.4, -0.2) is 15.0 Å². The van der Waals surface area contributed by atoms with E-state index in [-0.39, 0.29) is 11.1 Å². The smallest absolute Gasteiger partial charge is 0.259 e. The van der Waals surface area contributed by atoms with Crippen LogP contribution in [0.15, 0.2) is 65.7 Å². The van der Waals surface area contributed by atoms with Gasteiger partial charge < -0.3 is 4.98 Å². The van der Waals surface area contributed by atoms with Crippen LogP contribution in [0.5, 0.6) is 0 Å². The Labute approximate surface area is 140 Å². The van der Waals surface area contributed by atoms with Crippen LogP contribution in [0.25, 0.3) is 33.4 Å². The molecule has 0 atom stereocenters. The Morgan fingerprint density at radius 2 is 1.84 bits per heavy atom. The summed E-state index contributed by atoms with van der Waals surface area (Å²) in [6.45, 7) is 0. The second-order valence-corrected chi connectivity index (χ2v) is 5.51. The van der Waals surface area contributed by atoms with Crippen LogP contribution in [0.2, 0.25) is 0 Å². The molecule has 0 spiro atoms. The third-order valence-electron chi connectivity index (χ3n) is 3.88. The third-order valence-corrected chi connectivity index (χ3v) is 3.88. The molecule has 0 fully saturated rings. The number of hydrogen-bond acceptors (Lipinski definition) is 3. The summed E-state index contributed by atoms with van der Waals surface area (Å²) < 4.78 is 27.0. The number of aromatic amines is 1. The Morgan fingerprint density at radius 3 is 2.60 bits per heavy atom. The predicted molar refractivity (Wildman–Crippen MR) is 90.9 cm³/mol. The average molecular weight is 335 g/mol. The Balaban J connectivity index is 1.87. The van der Waals surface area contributed by atoms with Crippen molar-refractivity contribution in [3.05, 3.63) is 82.9 Å². The highest BCUT2D eigenvalue weighted by Gasteiger charge is 2.10.